The zero-order chi connectivity index (χ0) is 15.3. The molecule has 6 nitrogen and oxygen atoms in total. The van der Waals surface area contributed by atoms with Gasteiger partial charge >= 0.3 is 7.12 Å². The molecule has 0 unspecified atom stereocenters. The summed E-state index contributed by atoms with van der Waals surface area (Å²) in [6.45, 7) is 3.89. The van der Waals surface area contributed by atoms with Gasteiger partial charge in [0.15, 0.2) is 0 Å². The highest BCUT2D eigenvalue weighted by molar-refractivity contribution is 7.63. The highest BCUT2D eigenvalue weighted by Crippen LogP contribution is 2.04. The number of aryl methyl sites for hydroxylation is 1. The number of aliphatic hydroxyl groups excluding tert-OH is 1. The van der Waals surface area contributed by atoms with Crippen LogP contribution in [0, 0.1) is 11.8 Å². The van der Waals surface area contributed by atoms with Crippen molar-refractivity contribution in [3.05, 3.63) is 34.2 Å². The third kappa shape index (κ3) is 10.3. The maximum absolute atomic E-state index is 8.92. The minimum Gasteiger partial charge on any atom is -0.423 e. The molecule has 0 atom stereocenters. The van der Waals surface area contributed by atoms with Gasteiger partial charge in [0.1, 0.15) is 0 Å². The Morgan fingerprint density at radius 3 is 2.16 bits per heavy atom. The van der Waals surface area contributed by atoms with E-state index in [0.717, 1.165) is 11.1 Å². The lowest BCUT2D eigenvalue weighted by molar-refractivity contribution is 0.281. The molecular weight excluding hydrogens is 269 g/mol. The third-order valence-corrected chi connectivity index (χ3v) is 1.96. The molecule has 0 aromatic heterocycles. The molecule has 0 bridgehead atoms. The van der Waals surface area contributed by atoms with Crippen LogP contribution in [-0.4, -0.2) is 38.9 Å². The zero-order valence-corrected chi connectivity index (χ0v) is 11.8. The number of aliphatic hydroxyl groups is 1. The minimum atomic E-state index is -1.43. The predicted octanol–water partition coefficient (Wildman–Crippen LogP) is -0.429. The van der Waals surface area contributed by atoms with E-state index >= 15 is 0 Å². The van der Waals surface area contributed by atoms with Gasteiger partial charge in [-0.1, -0.05) is 23.4 Å². The second-order valence-corrected chi connectivity index (χ2v) is 3.52. The van der Waals surface area contributed by atoms with Crippen molar-refractivity contribution < 1.29 is 19.4 Å². The summed E-state index contributed by atoms with van der Waals surface area (Å²) in [5.41, 5.74) is 2.12. The van der Waals surface area contributed by atoms with Crippen LogP contribution in [0.1, 0.15) is 18.1 Å². The van der Waals surface area contributed by atoms with Crippen molar-refractivity contribution in [1.82, 2.24) is 0 Å². The van der Waals surface area contributed by atoms with E-state index in [1.807, 2.05) is 6.92 Å². The Kier molecular flexibility index (Phi) is 13.8. The van der Waals surface area contributed by atoms with E-state index in [1.54, 1.807) is 25.1 Å². The highest BCUT2D eigenvalue weighted by Gasteiger charge is 2.11. The molecule has 1 rings (SSSR count). The van der Waals surface area contributed by atoms with Gasteiger partial charge in [-0.15, -0.1) is 0 Å². The van der Waals surface area contributed by atoms with Crippen LogP contribution in [0.4, 0.5) is 0 Å². The second-order valence-electron chi connectivity index (χ2n) is 3.28. The molecule has 19 heavy (non-hydrogen) atoms. The van der Waals surface area contributed by atoms with Crippen LogP contribution in [0.3, 0.4) is 0 Å². The monoisotopic (exact) mass is 287 g/mol. The van der Waals surface area contributed by atoms with Gasteiger partial charge in [0.05, 0.1) is 24.4 Å². The number of hydrogen-bond acceptors (Lipinski definition) is 6. The number of nitroso groups, excluding NO2 is 1. The van der Waals surface area contributed by atoms with E-state index in [1.165, 1.54) is 0 Å². The molecule has 0 fully saturated rings. The summed E-state index contributed by atoms with van der Waals surface area (Å²) in [7, 11) is -1.43. The molecule has 0 heterocycles. The van der Waals surface area contributed by atoms with Crippen LogP contribution >= 0.6 is 0 Å². The van der Waals surface area contributed by atoms with Crippen molar-refractivity contribution in [3.8, 4) is 0 Å². The molecule has 3 N–H and O–H groups in total. The van der Waals surface area contributed by atoms with E-state index < -0.39 is 7.12 Å². The fraction of sp³-hybridized carbons (Fsp3) is 0.364. The largest absolute Gasteiger partial charge is 0.488 e. The predicted molar refractivity (Wildman–Crippen MR) is 78.5 cm³/mol. The van der Waals surface area contributed by atoms with Crippen LogP contribution in [0.15, 0.2) is 23.4 Å². The molecule has 0 saturated carbocycles. The Morgan fingerprint density at radius 1 is 1.42 bits per heavy atom. The molecule has 0 spiro atoms. The van der Waals surface area contributed by atoms with Crippen molar-refractivity contribution in [1.29, 1.82) is 0 Å². The van der Waals surface area contributed by atoms with Gasteiger partial charge in [0.2, 0.25) is 0 Å². The smallest absolute Gasteiger partial charge is 0.423 e. The van der Waals surface area contributed by atoms with Gasteiger partial charge in [-0.05, 0) is 36.3 Å². The Hall–Kier alpha value is -1.35. The van der Waals surface area contributed by atoms with Gasteiger partial charge in [-0.25, -0.2) is 4.21 Å². The number of benzene rings is 1. The first-order chi connectivity index (χ1) is 8.98. The first-order valence-corrected chi connectivity index (χ1v) is 6.28. The maximum Gasteiger partial charge on any atom is 0.488 e. The summed E-state index contributed by atoms with van der Waals surface area (Å²) >= 11 is 0.250. The summed E-state index contributed by atoms with van der Waals surface area (Å²) in [6.07, 6.45) is 0. The molecular formula is C11H18BNO5S. The fourth-order valence-electron chi connectivity index (χ4n) is 1.06. The molecule has 106 valence electrons. The molecule has 0 aliphatic rings. The molecule has 0 aliphatic carbocycles. The summed E-state index contributed by atoms with van der Waals surface area (Å²) in [4.78, 5) is 8.92. The quantitative estimate of drug-likeness (QED) is 0.397. The van der Waals surface area contributed by atoms with Gasteiger partial charge in [0.25, 0.3) is 0 Å². The minimum absolute atomic E-state index is 0.0202. The SMILES string of the molecule is C=S=O.CCN=O.Cc1cc(B(O)O)ccc1CO. The van der Waals surface area contributed by atoms with Crippen LogP contribution in [0.5, 0.6) is 0 Å². The van der Waals surface area contributed by atoms with Crippen molar-refractivity contribution >= 4 is 29.7 Å². The van der Waals surface area contributed by atoms with Crippen LogP contribution < -0.4 is 5.46 Å². The van der Waals surface area contributed by atoms with Crippen molar-refractivity contribution in [2.45, 2.75) is 20.5 Å². The summed E-state index contributed by atoms with van der Waals surface area (Å²) < 4.78 is 8.74. The zero-order valence-electron chi connectivity index (χ0n) is 10.9. The van der Waals surface area contributed by atoms with Crippen LogP contribution in [0.2, 0.25) is 0 Å². The average Bonchev–Trinajstić information content (AvgIpc) is 2.39. The lowest BCUT2D eigenvalue weighted by Gasteiger charge is -2.04. The van der Waals surface area contributed by atoms with Gasteiger partial charge < -0.3 is 15.2 Å². The first kappa shape index (κ1) is 20.0. The van der Waals surface area contributed by atoms with Crippen molar-refractivity contribution in [3.63, 3.8) is 0 Å². The standard InChI is InChI=1S/C8H11BO3.C2H5NO.CH2OS/c1-6-4-8(9(11)12)3-2-7(6)5-10;1-2-3-4;1-3-2/h2-4,10-12H,5H2,1H3;2H2,1H3;1H2. The average molecular weight is 287 g/mol. The normalized spacial score (nSPS) is 8.26. The second kappa shape index (κ2) is 13.1. The van der Waals surface area contributed by atoms with Gasteiger partial charge in [-0.2, -0.15) is 4.91 Å². The Morgan fingerprint density at radius 2 is 1.89 bits per heavy atom. The van der Waals surface area contributed by atoms with Gasteiger partial charge in [0, 0.05) is 0 Å². The summed E-state index contributed by atoms with van der Waals surface area (Å²) in [5.74, 6) is 2.85. The molecule has 1 aromatic rings. The summed E-state index contributed by atoms with van der Waals surface area (Å²) in [6, 6.07) is 4.92. The molecule has 0 amide bonds. The highest BCUT2D eigenvalue weighted by atomic mass is 32.1. The van der Waals surface area contributed by atoms with E-state index in [9.17, 15) is 0 Å². The van der Waals surface area contributed by atoms with Crippen LogP contribution in [-0.2, 0) is 17.9 Å². The number of hydrogen-bond donors (Lipinski definition) is 3. The van der Waals surface area contributed by atoms with Crippen molar-refractivity contribution in [2.24, 2.45) is 5.18 Å². The Balaban J connectivity index is 0. The molecule has 1 aromatic carbocycles. The lowest BCUT2D eigenvalue weighted by Crippen LogP contribution is -2.30. The van der Waals surface area contributed by atoms with Gasteiger partial charge in [-0.3, -0.25) is 0 Å². The first-order valence-electron chi connectivity index (χ1n) is 5.37. The third-order valence-electron chi connectivity index (χ3n) is 1.96. The van der Waals surface area contributed by atoms with Crippen LogP contribution in [0.25, 0.3) is 0 Å². The van der Waals surface area contributed by atoms with Crippen molar-refractivity contribution in [2.75, 3.05) is 6.54 Å². The molecule has 0 aliphatic heterocycles. The Bertz CT molecular complexity index is 408. The Labute approximate surface area is 116 Å². The maximum atomic E-state index is 8.92. The lowest BCUT2D eigenvalue weighted by atomic mass is 9.79. The number of nitrogens with zero attached hydrogens (tertiary/aromatic N) is 1. The molecule has 8 heteroatoms. The number of rotatable bonds is 3. The summed E-state index contributed by atoms with van der Waals surface area (Å²) in [5, 5.41) is 28.9. The molecule has 0 saturated heterocycles. The fourth-order valence-corrected chi connectivity index (χ4v) is 1.06. The topological polar surface area (TPSA) is 107 Å². The van der Waals surface area contributed by atoms with E-state index in [-0.39, 0.29) is 17.9 Å². The van der Waals surface area contributed by atoms with E-state index in [2.05, 4.69) is 11.0 Å². The van der Waals surface area contributed by atoms with E-state index in [0.29, 0.717) is 12.0 Å². The molecule has 0 radical (unpaired) electrons. The van der Waals surface area contributed by atoms with E-state index in [4.69, 9.17) is 24.3 Å².